The number of methoxy groups -OCH3 is 1. The van der Waals surface area contributed by atoms with Crippen LogP contribution >= 0.6 is 21.6 Å². The summed E-state index contributed by atoms with van der Waals surface area (Å²) in [6.45, 7) is -0.259. The first-order valence-corrected chi connectivity index (χ1v) is 10.4. The lowest BCUT2D eigenvalue weighted by molar-refractivity contribution is -0.147. The molecule has 2 rings (SSSR count). The molecule has 0 saturated carbocycles. The fourth-order valence-electron chi connectivity index (χ4n) is 2.32. The van der Waals surface area contributed by atoms with Crippen LogP contribution < -0.4 is 10.1 Å². The Morgan fingerprint density at radius 2 is 2.21 bits per heavy atom. The Hall–Kier alpha value is -1.34. The van der Waals surface area contributed by atoms with Crippen LogP contribution in [0.15, 0.2) is 24.3 Å². The van der Waals surface area contributed by atoms with Gasteiger partial charge in [-0.25, -0.2) is 0 Å². The summed E-state index contributed by atoms with van der Waals surface area (Å²) in [5.41, 5.74) is 0.613. The quantitative estimate of drug-likeness (QED) is 0.405. The molecule has 0 aromatic heterocycles. The number of ether oxygens (including phenoxy) is 2. The third-order valence-electron chi connectivity index (χ3n) is 3.60. The Morgan fingerprint density at radius 3 is 2.96 bits per heavy atom. The highest BCUT2D eigenvalue weighted by molar-refractivity contribution is 8.77. The van der Waals surface area contributed by atoms with E-state index in [0.29, 0.717) is 17.9 Å². The molecule has 1 atom stereocenters. The molecule has 0 spiro atoms. The Morgan fingerprint density at radius 1 is 1.33 bits per heavy atom. The maximum atomic E-state index is 11.8. The average molecular weight is 370 g/mol. The molecule has 5 nitrogen and oxygen atoms in total. The summed E-state index contributed by atoms with van der Waals surface area (Å²) < 4.78 is 10.1. The summed E-state index contributed by atoms with van der Waals surface area (Å²) >= 11 is 0. The van der Waals surface area contributed by atoms with Crippen molar-refractivity contribution in [2.75, 3.05) is 24.8 Å². The largest absolute Gasteiger partial charge is 0.497 e. The minimum Gasteiger partial charge on any atom is -0.497 e. The van der Waals surface area contributed by atoms with Gasteiger partial charge in [-0.2, -0.15) is 0 Å². The van der Waals surface area contributed by atoms with Gasteiger partial charge in [-0.15, -0.1) is 0 Å². The first-order chi connectivity index (χ1) is 11.7. The number of nitrogens with one attached hydrogen (secondary N) is 1. The van der Waals surface area contributed by atoms with Gasteiger partial charge < -0.3 is 14.8 Å². The number of amides is 1. The van der Waals surface area contributed by atoms with Crippen molar-refractivity contribution < 1.29 is 19.1 Å². The molecule has 1 aromatic carbocycles. The summed E-state index contributed by atoms with van der Waals surface area (Å²) in [5.74, 6) is 1.23. The van der Waals surface area contributed by atoms with Crippen LogP contribution in [0.25, 0.3) is 0 Å². The standard InChI is InChI=1S/C17H23NO4S2/c1-21-14-6-4-5-13(11-14)18-16(19)12-22-17(20)8-3-2-7-15-9-10-23-24-15/h4-6,11,15H,2-3,7-10,12H2,1H3,(H,18,19)/t15-/m1/s1. The fourth-order valence-corrected chi connectivity index (χ4v) is 5.35. The van der Waals surface area contributed by atoms with Gasteiger partial charge in [-0.05, 0) is 31.4 Å². The smallest absolute Gasteiger partial charge is 0.306 e. The number of carbonyl (C=O) groups excluding carboxylic acids is 2. The Labute approximate surface area is 150 Å². The molecule has 1 aliphatic heterocycles. The summed E-state index contributed by atoms with van der Waals surface area (Å²) in [4.78, 5) is 23.5. The normalized spacial score (nSPS) is 16.6. The first kappa shape index (κ1) is 19.0. The topological polar surface area (TPSA) is 64.6 Å². The molecule has 0 radical (unpaired) electrons. The SMILES string of the molecule is COc1cccc(NC(=O)COC(=O)CCCC[C@@H]2CCSS2)c1. The monoisotopic (exact) mass is 369 g/mol. The molecule has 1 amide bonds. The molecule has 1 heterocycles. The van der Waals surface area contributed by atoms with E-state index < -0.39 is 0 Å². The summed E-state index contributed by atoms with van der Waals surface area (Å²) in [5, 5.41) is 3.41. The number of hydrogen-bond acceptors (Lipinski definition) is 6. The number of esters is 1. The van der Waals surface area contributed by atoms with Crippen LogP contribution in [0.3, 0.4) is 0 Å². The van der Waals surface area contributed by atoms with Gasteiger partial charge in [0.1, 0.15) is 5.75 Å². The molecule has 1 aromatic rings. The zero-order valence-corrected chi connectivity index (χ0v) is 15.4. The van der Waals surface area contributed by atoms with Gasteiger partial charge in [0.15, 0.2) is 6.61 Å². The minimum atomic E-state index is -0.351. The van der Waals surface area contributed by atoms with Gasteiger partial charge in [0.05, 0.1) is 7.11 Å². The van der Waals surface area contributed by atoms with Gasteiger partial charge in [0, 0.05) is 29.2 Å². The number of carbonyl (C=O) groups is 2. The third-order valence-corrected chi connectivity index (χ3v) is 6.61. The number of anilines is 1. The number of hydrogen-bond donors (Lipinski definition) is 1. The first-order valence-electron chi connectivity index (χ1n) is 8.05. The van der Waals surface area contributed by atoms with Gasteiger partial charge in [-0.3, -0.25) is 9.59 Å². The lowest BCUT2D eigenvalue weighted by atomic mass is 10.1. The highest BCUT2D eigenvalue weighted by Gasteiger charge is 2.16. The van der Waals surface area contributed by atoms with E-state index in [4.69, 9.17) is 9.47 Å². The van der Waals surface area contributed by atoms with Crippen molar-refractivity contribution in [3.8, 4) is 5.75 Å². The molecule has 7 heteroatoms. The van der Waals surface area contributed by atoms with E-state index in [-0.39, 0.29) is 18.5 Å². The van der Waals surface area contributed by atoms with E-state index in [0.717, 1.165) is 24.5 Å². The van der Waals surface area contributed by atoms with Crippen molar-refractivity contribution in [1.82, 2.24) is 0 Å². The summed E-state index contributed by atoms with van der Waals surface area (Å²) in [6, 6.07) is 7.03. The maximum Gasteiger partial charge on any atom is 0.306 e. The third kappa shape index (κ3) is 7.05. The molecule has 1 N–H and O–H groups in total. The minimum absolute atomic E-state index is 0.259. The van der Waals surface area contributed by atoms with Crippen LogP contribution in [0.5, 0.6) is 5.75 Å². The molecule has 132 valence electrons. The lowest BCUT2D eigenvalue weighted by Crippen LogP contribution is -2.20. The van der Waals surface area contributed by atoms with Crippen molar-refractivity contribution in [2.45, 2.75) is 37.4 Å². The number of rotatable bonds is 9. The van der Waals surface area contributed by atoms with Gasteiger partial charge in [0.2, 0.25) is 0 Å². The van der Waals surface area contributed by atoms with Crippen LogP contribution in [0.1, 0.15) is 32.1 Å². The second-order valence-electron chi connectivity index (χ2n) is 5.52. The Kier molecular flexibility index (Phi) is 8.32. The number of unbranched alkanes of at least 4 members (excludes halogenated alkanes) is 1. The van der Waals surface area contributed by atoms with Crippen molar-refractivity contribution in [2.24, 2.45) is 0 Å². The van der Waals surface area contributed by atoms with Crippen LogP contribution in [-0.4, -0.2) is 36.6 Å². The van der Waals surface area contributed by atoms with E-state index in [1.54, 1.807) is 31.4 Å². The van der Waals surface area contributed by atoms with Gasteiger partial charge in [-0.1, -0.05) is 34.1 Å². The summed E-state index contributed by atoms with van der Waals surface area (Å²) in [7, 11) is 5.45. The van der Waals surface area contributed by atoms with Crippen molar-refractivity contribution in [1.29, 1.82) is 0 Å². The maximum absolute atomic E-state index is 11.8. The zero-order chi connectivity index (χ0) is 17.2. The van der Waals surface area contributed by atoms with Crippen molar-refractivity contribution >= 4 is 39.2 Å². The van der Waals surface area contributed by atoms with Gasteiger partial charge in [0.25, 0.3) is 5.91 Å². The van der Waals surface area contributed by atoms with Crippen LogP contribution in [-0.2, 0) is 14.3 Å². The average Bonchev–Trinajstić information content (AvgIpc) is 3.10. The second kappa shape index (κ2) is 10.5. The molecule has 1 aliphatic rings. The second-order valence-corrected chi connectivity index (χ2v) is 8.30. The highest BCUT2D eigenvalue weighted by Crippen LogP contribution is 2.39. The number of benzene rings is 1. The van der Waals surface area contributed by atoms with Crippen LogP contribution in [0.2, 0.25) is 0 Å². The predicted molar refractivity (Wildman–Crippen MR) is 99.5 cm³/mol. The van der Waals surface area contributed by atoms with Crippen LogP contribution in [0.4, 0.5) is 5.69 Å². The molecule has 24 heavy (non-hydrogen) atoms. The van der Waals surface area contributed by atoms with E-state index in [9.17, 15) is 9.59 Å². The molecule has 0 bridgehead atoms. The van der Waals surface area contributed by atoms with Gasteiger partial charge >= 0.3 is 5.97 Å². The van der Waals surface area contributed by atoms with E-state index in [1.807, 2.05) is 21.6 Å². The Bertz CT molecular complexity index is 547. The van der Waals surface area contributed by atoms with Crippen LogP contribution in [0, 0.1) is 0 Å². The molecule has 1 fully saturated rings. The molecule has 0 aliphatic carbocycles. The van der Waals surface area contributed by atoms with Crippen molar-refractivity contribution in [3.63, 3.8) is 0 Å². The fraction of sp³-hybridized carbons (Fsp3) is 0.529. The van der Waals surface area contributed by atoms with E-state index in [1.165, 1.54) is 12.2 Å². The predicted octanol–water partition coefficient (Wildman–Crippen LogP) is 3.89. The van der Waals surface area contributed by atoms with E-state index >= 15 is 0 Å². The zero-order valence-electron chi connectivity index (χ0n) is 13.8. The lowest BCUT2D eigenvalue weighted by Gasteiger charge is -2.08. The summed E-state index contributed by atoms with van der Waals surface area (Å²) in [6.07, 6.45) is 4.64. The Balaban J connectivity index is 1.57. The molecule has 1 saturated heterocycles. The van der Waals surface area contributed by atoms with Crippen molar-refractivity contribution in [3.05, 3.63) is 24.3 Å². The van der Waals surface area contributed by atoms with E-state index in [2.05, 4.69) is 5.32 Å². The molecular weight excluding hydrogens is 346 g/mol. The molecular formula is C17H23NO4S2. The highest BCUT2D eigenvalue weighted by atomic mass is 33.1. The molecule has 0 unspecified atom stereocenters.